The first-order valence-corrected chi connectivity index (χ1v) is 10.2. The van der Waals surface area contributed by atoms with Gasteiger partial charge in [0.1, 0.15) is 11.4 Å². The molecule has 1 saturated heterocycles. The van der Waals surface area contributed by atoms with Gasteiger partial charge in [0.2, 0.25) is 11.7 Å². The minimum absolute atomic E-state index is 0.0801. The second-order valence-corrected chi connectivity index (χ2v) is 7.87. The lowest BCUT2D eigenvalue weighted by Crippen LogP contribution is -2.45. The van der Waals surface area contributed by atoms with Crippen molar-refractivity contribution < 1.29 is 23.8 Å². The van der Waals surface area contributed by atoms with E-state index in [1.807, 2.05) is 24.3 Å². The van der Waals surface area contributed by atoms with Crippen LogP contribution in [0.1, 0.15) is 26.9 Å². The van der Waals surface area contributed by atoms with Gasteiger partial charge in [-0.1, -0.05) is 18.2 Å². The molecule has 2 aliphatic heterocycles. The number of nitrogens with zero attached hydrogens (tertiary/aromatic N) is 1. The van der Waals surface area contributed by atoms with Crippen molar-refractivity contribution in [3.63, 3.8) is 0 Å². The summed E-state index contributed by atoms with van der Waals surface area (Å²) in [6, 6.07) is 10.7. The summed E-state index contributed by atoms with van der Waals surface area (Å²) in [5.41, 5.74) is 2.49. The van der Waals surface area contributed by atoms with Crippen molar-refractivity contribution in [3.8, 4) is 17.2 Å². The predicted molar refractivity (Wildman–Crippen MR) is 110 cm³/mol. The second-order valence-electron chi connectivity index (χ2n) is 6.75. The molecule has 7 nitrogen and oxygen atoms in total. The van der Waals surface area contributed by atoms with E-state index < -0.39 is 6.04 Å². The minimum atomic E-state index is -0.494. The summed E-state index contributed by atoms with van der Waals surface area (Å²) < 4.78 is 16.0. The Morgan fingerprint density at radius 2 is 1.83 bits per heavy atom. The SMILES string of the molecule is COc1cc(CNC(=O)[C@H]2CS[C@@H]3c4ccccc4C(=O)N23)cc(OC)c1OC. The fourth-order valence-electron chi connectivity index (χ4n) is 3.79. The van der Waals surface area contributed by atoms with Gasteiger partial charge in [-0.3, -0.25) is 9.59 Å². The van der Waals surface area contributed by atoms with Crippen LogP contribution in [0.2, 0.25) is 0 Å². The summed E-state index contributed by atoms with van der Waals surface area (Å²) in [6.45, 7) is 0.288. The van der Waals surface area contributed by atoms with E-state index in [2.05, 4.69) is 5.32 Å². The Morgan fingerprint density at radius 3 is 2.48 bits per heavy atom. The van der Waals surface area contributed by atoms with Crippen molar-refractivity contribution in [1.29, 1.82) is 0 Å². The number of hydrogen-bond acceptors (Lipinski definition) is 6. The van der Waals surface area contributed by atoms with Gasteiger partial charge < -0.3 is 24.4 Å². The van der Waals surface area contributed by atoms with Crippen molar-refractivity contribution in [2.45, 2.75) is 18.0 Å². The summed E-state index contributed by atoms with van der Waals surface area (Å²) in [5.74, 6) is 1.88. The van der Waals surface area contributed by atoms with Crippen molar-refractivity contribution in [3.05, 3.63) is 53.1 Å². The summed E-state index contributed by atoms with van der Waals surface area (Å²) in [4.78, 5) is 27.4. The summed E-state index contributed by atoms with van der Waals surface area (Å²) >= 11 is 1.62. The van der Waals surface area contributed by atoms with Crippen LogP contribution in [0.25, 0.3) is 0 Å². The molecule has 29 heavy (non-hydrogen) atoms. The molecular weight excluding hydrogens is 392 g/mol. The second kappa shape index (κ2) is 7.87. The number of carbonyl (C=O) groups excluding carboxylic acids is 2. The van der Waals surface area contributed by atoms with E-state index in [-0.39, 0.29) is 23.7 Å². The van der Waals surface area contributed by atoms with E-state index in [0.29, 0.717) is 28.6 Å². The van der Waals surface area contributed by atoms with Crippen LogP contribution in [-0.2, 0) is 11.3 Å². The molecule has 2 atom stereocenters. The third-order valence-electron chi connectivity index (χ3n) is 5.19. The highest BCUT2D eigenvalue weighted by Gasteiger charge is 2.48. The number of carbonyl (C=O) groups is 2. The highest BCUT2D eigenvalue weighted by molar-refractivity contribution is 7.99. The topological polar surface area (TPSA) is 77.1 Å². The van der Waals surface area contributed by atoms with E-state index in [1.54, 1.807) is 50.1 Å². The molecule has 152 valence electrons. The van der Waals surface area contributed by atoms with Gasteiger partial charge in [0.05, 0.1) is 21.3 Å². The average Bonchev–Trinajstić information content (AvgIpc) is 3.31. The molecule has 0 aliphatic carbocycles. The van der Waals surface area contributed by atoms with Gasteiger partial charge in [-0.25, -0.2) is 0 Å². The van der Waals surface area contributed by atoms with Gasteiger partial charge in [-0.2, -0.15) is 0 Å². The molecule has 2 amide bonds. The first-order chi connectivity index (χ1) is 14.1. The fourth-order valence-corrected chi connectivity index (χ4v) is 5.25. The van der Waals surface area contributed by atoms with Crippen molar-refractivity contribution in [2.24, 2.45) is 0 Å². The normalized spacial score (nSPS) is 19.6. The number of methoxy groups -OCH3 is 3. The Morgan fingerprint density at radius 1 is 1.14 bits per heavy atom. The Labute approximate surface area is 173 Å². The van der Waals surface area contributed by atoms with Crippen LogP contribution in [-0.4, -0.2) is 49.8 Å². The first kappa shape index (κ1) is 19.4. The molecule has 0 spiro atoms. The summed E-state index contributed by atoms with van der Waals surface area (Å²) in [7, 11) is 4.64. The molecule has 2 heterocycles. The molecule has 2 aromatic carbocycles. The number of benzene rings is 2. The van der Waals surface area contributed by atoms with Gasteiger partial charge in [0, 0.05) is 17.9 Å². The third-order valence-corrected chi connectivity index (χ3v) is 6.49. The Hall–Kier alpha value is -2.87. The van der Waals surface area contributed by atoms with Crippen molar-refractivity contribution in [2.75, 3.05) is 27.1 Å². The number of amides is 2. The fraction of sp³-hybridized carbons (Fsp3) is 0.333. The van der Waals surface area contributed by atoms with Gasteiger partial charge >= 0.3 is 0 Å². The Kier molecular flexibility index (Phi) is 5.27. The molecule has 2 aliphatic rings. The van der Waals surface area contributed by atoms with Gasteiger partial charge in [-0.15, -0.1) is 11.8 Å². The Bertz CT molecular complexity index is 939. The average molecular weight is 414 g/mol. The maximum Gasteiger partial charge on any atom is 0.256 e. The molecule has 0 aromatic heterocycles. The lowest BCUT2D eigenvalue weighted by molar-refractivity contribution is -0.124. The van der Waals surface area contributed by atoms with E-state index in [0.717, 1.165) is 11.1 Å². The van der Waals surface area contributed by atoms with E-state index in [9.17, 15) is 9.59 Å². The summed E-state index contributed by atoms with van der Waals surface area (Å²) in [5, 5.41) is 2.86. The largest absolute Gasteiger partial charge is 0.493 e. The standard InChI is InChI=1S/C21H22N2O5S/c1-26-16-8-12(9-17(27-2)18(16)28-3)10-22-19(24)15-11-29-21-14-7-5-4-6-13(14)20(25)23(15)21/h4-9,15,21H,10-11H2,1-3H3,(H,22,24)/t15-,21-/m1/s1. The van der Waals surface area contributed by atoms with Gasteiger partial charge in [-0.05, 0) is 29.3 Å². The molecule has 0 radical (unpaired) electrons. The molecule has 0 bridgehead atoms. The van der Waals surface area contributed by atoms with Crippen LogP contribution >= 0.6 is 11.8 Å². The zero-order valence-corrected chi connectivity index (χ0v) is 17.2. The Balaban J connectivity index is 1.48. The number of rotatable bonds is 6. The number of hydrogen-bond donors (Lipinski definition) is 1. The molecule has 2 aromatic rings. The number of fused-ring (bicyclic) bond motifs is 3. The quantitative estimate of drug-likeness (QED) is 0.783. The zero-order valence-electron chi connectivity index (χ0n) is 16.4. The number of thioether (sulfide) groups is 1. The van der Waals surface area contributed by atoms with E-state index in [4.69, 9.17) is 14.2 Å². The molecule has 4 rings (SSSR count). The number of ether oxygens (including phenoxy) is 3. The monoisotopic (exact) mass is 414 g/mol. The number of nitrogens with one attached hydrogen (secondary N) is 1. The molecule has 8 heteroatoms. The first-order valence-electron chi connectivity index (χ1n) is 9.18. The molecule has 0 unspecified atom stereocenters. The van der Waals surface area contributed by atoms with Crippen LogP contribution in [0, 0.1) is 0 Å². The highest BCUT2D eigenvalue weighted by Crippen LogP contribution is 2.48. The van der Waals surface area contributed by atoms with Crippen LogP contribution in [0.3, 0.4) is 0 Å². The third kappa shape index (κ3) is 3.27. The lowest BCUT2D eigenvalue weighted by Gasteiger charge is -2.22. The predicted octanol–water partition coefficient (Wildman–Crippen LogP) is 2.60. The van der Waals surface area contributed by atoms with Crippen LogP contribution < -0.4 is 19.5 Å². The van der Waals surface area contributed by atoms with Crippen molar-refractivity contribution in [1.82, 2.24) is 10.2 Å². The molecular formula is C21H22N2O5S. The highest BCUT2D eigenvalue weighted by atomic mass is 32.2. The van der Waals surface area contributed by atoms with E-state index >= 15 is 0 Å². The molecule has 0 saturated carbocycles. The van der Waals surface area contributed by atoms with Gasteiger partial charge in [0.25, 0.3) is 5.91 Å². The van der Waals surface area contributed by atoms with Crippen LogP contribution in [0.5, 0.6) is 17.2 Å². The lowest BCUT2D eigenvalue weighted by atomic mass is 10.1. The molecule has 1 fully saturated rings. The molecule has 1 N–H and O–H groups in total. The summed E-state index contributed by atoms with van der Waals surface area (Å²) in [6.07, 6.45) is 0. The van der Waals surface area contributed by atoms with E-state index in [1.165, 1.54) is 0 Å². The van der Waals surface area contributed by atoms with Gasteiger partial charge in [0.15, 0.2) is 11.5 Å². The maximum absolute atomic E-state index is 12.9. The van der Waals surface area contributed by atoms with Crippen LogP contribution in [0.4, 0.5) is 0 Å². The van der Waals surface area contributed by atoms with Crippen LogP contribution in [0.15, 0.2) is 36.4 Å². The zero-order chi connectivity index (χ0) is 20.5. The van der Waals surface area contributed by atoms with Crippen molar-refractivity contribution >= 4 is 23.6 Å². The maximum atomic E-state index is 12.9. The smallest absolute Gasteiger partial charge is 0.256 e. The minimum Gasteiger partial charge on any atom is -0.493 e.